The Labute approximate surface area is 73.4 Å². The fraction of sp³-hybridized carbons (Fsp3) is 0.778. The Hall–Kier alpha value is -0.0400. The van der Waals surface area contributed by atoms with Crippen molar-refractivity contribution in [3.8, 4) is 0 Å². The molecule has 0 atom stereocenters. The molecule has 0 fully saturated rings. The number of unbranched alkanes of at least 4 members (excludes halogenated alkanes) is 5. The van der Waals surface area contributed by atoms with Crippen molar-refractivity contribution >= 4 is 11.6 Å². The molecule has 66 valence electrons. The fourth-order valence-electron chi connectivity index (χ4n) is 0.950. The van der Waals surface area contributed by atoms with Crippen molar-refractivity contribution in [1.82, 2.24) is 0 Å². The molecule has 11 heavy (non-hydrogen) atoms. The van der Waals surface area contributed by atoms with Crippen LogP contribution in [0.15, 0.2) is 11.6 Å². The predicted octanol–water partition coefficient (Wildman–Crippen LogP) is 4.05. The summed E-state index contributed by atoms with van der Waals surface area (Å²) < 4.78 is 11.6. The maximum Gasteiger partial charge on any atom is 0.0894 e. The van der Waals surface area contributed by atoms with Crippen LogP contribution < -0.4 is 0 Å². The van der Waals surface area contributed by atoms with E-state index in [4.69, 9.17) is 11.6 Å². The molecule has 0 aliphatic carbocycles. The van der Waals surface area contributed by atoms with Gasteiger partial charge in [-0.1, -0.05) is 36.9 Å². The summed E-state index contributed by atoms with van der Waals surface area (Å²) in [6.07, 6.45) is 8.29. The lowest BCUT2D eigenvalue weighted by Gasteiger charge is -1.95. The first kappa shape index (κ1) is 11.0. The van der Waals surface area contributed by atoms with Crippen LogP contribution in [0, 0.1) is 0 Å². The number of allylic oxidation sites excluding steroid dienone is 1. The molecule has 0 bridgehead atoms. The molecule has 2 heteroatoms. The van der Waals surface area contributed by atoms with Gasteiger partial charge in [-0.15, -0.1) is 0 Å². The number of alkyl halides is 1. The summed E-state index contributed by atoms with van der Waals surface area (Å²) in [6.45, 7) is -0.165. The second-order valence-electron chi connectivity index (χ2n) is 2.61. The summed E-state index contributed by atoms with van der Waals surface area (Å²) in [5, 5.41) is 0. The zero-order valence-corrected chi connectivity index (χ0v) is 7.62. The van der Waals surface area contributed by atoms with Crippen LogP contribution in [-0.4, -0.2) is 6.67 Å². The molecule has 0 saturated heterocycles. The van der Waals surface area contributed by atoms with E-state index in [1.165, 1.54) is 12.8 Å². The predicted molar refractivity (Wildman–Crippen MR) is 48.7 cm³/mol. The van der Waals surface area contributed by atoms with Crippen molar-refractivity contribution in [3.63, 3.8) is 0 Å². The van der Waals surface area contributed by atoms with Crippen LogP contribution in [0.25, 0.3) is 0 Å². The number of rotatable bonds is 7. The van der Waals surface area contributed by atoms with Crippen molar-refractivity contribution in [2.45, 2.75) is 38.5 Å². The number of halogens is 2. The van der Waals surface area contributed by atoms with Crippen molar-refractivity contribution in [2.24, 2.45) is 0 Å². The summed E-state index contributed by atoms with van der Waals surface area (Å²) in [4.78, 5) is 0. The van der Waals surface area contributed by atoms with Gasteiger partial charge in [0, 0.05) is 5.54 Å². The van der Waals surface area contributed by atoms with Crippen LogP contribution in [0.1, 0.15) is 38.5 Å². The van der Waals surface area contributed by atoms with Crippen LogP contribution >= 0.6 is 11.6 Å². The lowest BCUT2D eigenvalue weighted by atomic mass is 10.1. The average Bonchev–Trinajstić information content (AvgIpc) is 2.03. The van der Waals surface area contributed by atoms with E-state index < -0.39 is 0 Å². The van der Waals surface area contributed by atoms with Crippen LogP contribution in [-0.2, 0) is 0 Å². The largest absolute Gasteiger partial charge is 0.251 e. The molecule has 0 aromatic rings. The van der Waals surface area contributed by atoms with Crippen LogP contribution in [0.4, 0.5) is 4.39 Å². The zero-order valence-electron chi connectivity index (χ0n) is 6.86. The van der Waals surface area contributed by atoms with Gasteiger partial charge in [0.1, 0.15) is 0 Å². The van der Waals surface area contributed by atoms with E-state index in [9.17, 15) is 4.39 Å². The van der Waals surface area contributed by atoms with Gasteiger partial charge in [0.2, 0.25) is 0 Å². The third-order valence-corrected chi connectivity index (χ3v) is 1.77. The molecule has 0 aliphatic rings. The third kappa shape index (κ3) is 9.96. The monoisotopic (exact) mass is 178 g/mol. The summed E-state index contributed by atoms with van der Waals surface area (Å²) >= 11 is 5.33. The average molecular weight is 179 g/mol. The Morgan fingerprint density at radius 3 is 2.27 bits per heavy atom. The summed E-state index contributed by atoms with van der Waals surface area (Å²) in [5.74, 6) is 0. The Balaban J connectivity index is 2.79. The minimum absolute atomic E-state index is 0.165. The van der Waals surface area contributed by atoms with Crippen molar-refractivity contribution in [3.05, 3.63) is 11.6 Å². The highest BCUT2D eigenvalue weighted by molar-refractivity contribution is 6.25. The molecule has 0 heterocycles. The van der Waals surface area contributed by atoms with E-state index in [0.717, 1.165) is 25.7 Å². The minimum atomic E-state index is -0.165. The summed E-state index contributed by atoms with van der Waals surface area (Å²) in [6, 6.07) is 0. The van der Waals surface area contributed by atoms with Gasteiger partial charge in [0.15, 0.2) is 0 Å². The maximum absolute atomic E-state index is 11.6. The fourth-order valence-corrected chi connectivity index (χ4v) is 1.08. The standard InChI is InChI=1S/C9H16ClF/c10-8-6-4-2-1-3-5-7-9-11/h6,8H,1-5,7,9H2. The van der Waals surface area contributed by atoms with Crippen molar-refractivity contribution < 1.29 is 4.39 Å². The molecule has 0 rings (SSSR count). The van der Waals surface area contributed by atoms with E-state index in [2.05, 4.69) is 0 Å². The van der Waals surface area contributed by atoms with E-state index >= 15 is 0 Å². The highest BCUT2D eigenvalue weighted by atomic mass is 35.5. The first-order valence-electron chi connectivity index (χ1n) is 4.23. The van der Waals surface area contributed by atoms with Gasteiger partial charge in [-0.25, -0.2) is 0 Å². The lowest BCUT2D eigenvalue weighted by Crippen LogP contribution is -1.79. The smallest absolute Gasteiger partial charge is 0.0894 e. The number of hydrogen-bond acceptors (Lipinski definition) is 0. The Kier molecular flexibility index (Phi) is 9.92. The van der Waals surface area contributed by atoms with Crippen LogP contribution in [0.5, 0.6) is 0 Å². The van der Waals surface area contributed by atoms with Gasteiger partial charge >= 0.3 is 0 Å². The van der Waals surface area contributed by atoms with E-state index in [0.29, 0.717) is 0 Å². The lowest BCUT2D eigenvalue weighted by molar-refractivity contribution is 0.451. The molecule has 0 nitrogen and oxygen atoms in total. The normalized spacial score (nSPS) is 11.1. The second-order valence-corrected chi connectivity index (χ2v) is 2.86. The maximum atomic E-state index is 11.6. The summed E-state index contributed by atoms with van der Waals surface area (Å²) in [7, 11) is 0. The quantitative estimate of drug-likeness (QED) is 0.516. The number of hydrogen-bond donors (Lipinski definition) is 0. The molecular formula is C9H16ClF. The van der Waals surface area contributed by atoms with Gasteiger partial charge < -0.3 is 0 Å². The first-order valence-corrected chi connectivity index (χ1v) is 4.66. The van der Waals surface area contributed by atoms with E-state index in [1.807, 2.05) is 6.08 Å². The molecule has 0 radical (unpaired) electrons. The molecule has 0 amide bonds. The topological polar surface area (TPSA) is 0 Å². The summed E-state index contributed by atoms with van der Waals surface area (Å²) in [5.41, 5.74) is 1.56. The molecule has 0 unspecified atom stereocenters. The zero-order chi connectivity index (χ0) is 8.36. The Morgan fingerprint density at radius 1 is 1.00 bits per heavy atom. The van der Waals surface area contributed by atoms with Crippen molar-refractivity contribution in [1.29, 1.82) is 0 Å². The van der Waals surface area contributed by atoms with Crippen molar-refractivity contribution in [2.75, 3.05) is 6.67 Å². The molecule has 0 N–H and O–H groups in total. The first-order chi connectivity index (χ1) is 5.41. The molecule has 0 spiro atoms. The minimum Gasteiger partial charge on any atom is -0.251 e. The SMILES string of the molecule is FCCCCCCCC=CCl. The molecule has 0 aromatic carbocycles. The van der Waals surface area contributed by atoms with E-state index in [-0.39, 0.29) is 6.67 Å². The highest BCUT2D eigenvalue weighted by Crippen LogP contribution is 2.05. The molecule has 0 aliphatic heterocycles. The van der Waals surface area contributed by atoms with Gasteiger partial charge in [-0.3, -0.25) is 4.39 Å². The van der Waals surface area contributed by atoms with Gasteiger partial charge in [0.25, 0.3) is 0 Å². The van der Waals surface area contributed by atoms with Gasteiger partial charge in [-0.05, 0) is 19.3 Å². The van der Waals surface area contributed by atoms with Gasteiger partial charge in [0.05, 0.1) is 6.67 Å². The second kappa shape index (κ2) is 9.96. The molecule has 0 aromatic heterocycles. The van der Waals surface area contributed by atoms with Gasteiger partial charge in [-0.2, -0.15) is 0 Å². The highest BCUT2D eigenvalue weighted by Gasteiger charge is 1.88. The Bertz CT molecular complexity index is 91.6. The Morgan fingerprint density at radius 2 is 1.64 bits per heavy atom. The van der Waals surface area contributed by atoms with E-state index in [1.54, 1.807) is 5.54 Å². The van der Waals surface area contributed by atoms with Crippen LogP contribution in [0.3, 0.4) is 0 Å². The molecular weight excluding hydrogens is 163 g/mol. The molecule has 0 saturated carbocycles. The third-order valence-electron chi connectivity index (χ3n) is 1.59. The van der Waals surface area contributed by atoms with Crippen LogP contribution in [0.2, 0.25) is 0 Å².